The summed E-state index contributed by atoms with van der Waals surface area (Å²) in [5.41, 5.74) is 0. The van der Waals surface area contributed by atoms with Crippen LogP contribution in [-0.2, 0) is 0 Å². The molecule has 0 fully saturated rings. The molecule has 0 aromatic heterocycles. The Morgan fingerprint density at radius 1 is 0.565 bits per heavy atom. The van der Waals surface area contributed by atoms with E-state index in [4.69, 9.17) is 26.8 Å². The predicted molar refractivity (Wildman–Crippen MR) is 112 cm³/mol. The van der Waals surface area contributed by atoms with E-state index in [0.717, 1.165) is 6.42 Å². The average molecular weight is 491 g/mol. The standard InChI is InChI=1S/C19H37.3ClH.Sn/c1-3-5-7-9-11-13-15-17-19-18-16-14-12-10-8-6-4-2;;;;/h1,3H,4-19H2,2H3;3*1H;/q;;;;+3/p-3. The summed E-state index contributed by atoms with van der Waals surface area (Å²) < 4.78 is 1.86. The van der Waals surface area contributed by atoms with Crippen LogP contribution in [0, 0.1) is 0 Å². The quantitative estimate of drug-likeness (QED) is 0.141. The van der Waals surface area contributed by atoms with Crippen molar-refractivity contribution in [1.29, 1.82) is 0 Å². The first-order valence-electron chi connectivity index (χ1n) is 9.80. The van der Waals surface area contributed by atoms with Crippen LogP contribution in [0.2, 0.25) is 0 Å². The van der Waals surface area contributed by atoms with E-state index in [0.29, 0.717) is 0 Å². The molecule has 0 saturated carbocycles. The van der Waals surface area contributed by atoms with Crippen LogP contribution in [0.5, 0.6) is 0 Å². The summed E-state index contributed by atoms with van der Waals surface area (Å²) in [6.45, 7) is 2.28. The molecular formula is C19H37Cl3Sn. The number of halogens is 3. The molecule has 4 heteroatoms. The Bertz CT molecular complexity index is 262. The summed E-state index contributed by atoms with van der Waals surface area (Å²) in [6.07, 6.45) is 24.2. The van der Waals surface area contributed by atoms with Gasteiger partial charge in [0.25, 0.3) is 0 Å². The second-order valence-corrected chi connectivity index (χ2v) is 26.6. The Kier molecular flexibility index (Phi) is 19.3. The van der Waals surface area contributed by atoms with Gasteiger partial charge in [-0.25, -0.2) is 0 Å². The zero-order chi connectivity index (χ0) is 17.2. The number of hydrogen-bond donors (Lipinski definition) is 0. The van der Waals surface area contributed by atoms with Crippen LogP contribution in [0.4, 0.5) is 0 Å². The second-order valence-electron chi connectivity index (χ2n) is 6.68. The van der Waals surface area contributed by atoms with E-state index in [1.54, 1.807) is 0 Å². The third kappa shape index (κ3) is 23.4. The van der Waals surface area contributed by atoms with E-state index < -0.39 is 15.0 Å². The van der Waals surface area contributed by atoms with Crippen LogP contribution in [0.1, 0.15) is 110 Å². The SMILES string of the molecule is CCCCCCCCCCCCCCCCCC=[CH][Sn]([Cl])([Cl])[Cl]. The molecule has 0 nitrogen and oxygen atoms in total. The molecule has 0 N–H and O–H groups in total. The molecule has 0 saturated heterocycles. The van der Waals surface area contributed by atoms with Gasteiger partial charge in [0.05, 0.1) is 0 Å². The molecule has 0 amide bonds. The minimum absolute atomic E-state index is 1.07. The van der Waals surface area contributed by atoms with Crippen LogP contribution in [0.3, 0.4) is 0 Å². The fourth-order valence-corrected chi connectivity index (χ4v) is 5.88. The summed E-state index contributed by atoms with van der Waals surface area (Å²) in [5.74, 6) is 0. The van der Waals surface area contributed by atoms with E-state index in [1.807, 2.05) is 4.09 Å². The fourth-order valence-electron chi connectivity index (χ4n) is 2.85. The zero-order valence-corrected chi connectivity index (χ0v) is 20.2. The minimum atomic E-state index is -3.20. The van der Waals surface area contributed by atoms with Crippen molar-refractivity contribution >= 4 is 41.8 Å². The van der Waals surface area contributed by atoms with Crippen molar-refractivity contribution in [2.45, 2.75) is 110 Å². The van der Waals surface area contributed by atoms with Crippen molar-refractivity contribution in [1.82, 2.24) is 0 Å². The molecule has 0 atom stereocenters. The topological polar surface area (TPSA) is 0 Å². The normalized spacial score (nSPS) is 12.3. The molecule has 0 aliphatic rings. The Balaban J connectivity index is 3.07. The van der Waals surface area contributed by atoms with Gasteiger partial charge in [-0.2, -0.15) is 0 Å². The average Bonchev–Trinajstić information content (AvgIpc) is 2.49. The maximum atomic E-state index is 5.86. The third-order valence-corrected chi connectivity index (χ3v) is 8.57. The van der Waals surface area contributed by atoms with Crippen molar-refractivity contribution in [2.24, 2.45) is 0 Å². The van der Waals surface area contributed by atoms with E-state index in [1.165, 1.54) is 96.3 Å². The Morgan fingerprint density at radius 2 is 0.913 bits per heavy atom. The van der Waals surface area contributed by atoms with Gasteiger partial charge in [0.2, 0.25) is 0 Å². The first kappa shape index (κ1) is 24.4. The van der Waals surface area contributed by atoms with Gasteiger partial charge in [-0.1, -0.05) is 45.4 Å². The van der Waals surface area contributed by atoms with Crippen LogP contribution in [0.25, 0.3) is 0 Å². The number of rotatable bonds is 17. The molecule has 138 valence electrons. The van der Waals surface area contributed by atoms with Crippen molar-refractivity contribution in [2.75, 3.05) is 0 Å². The van der Waals surface area contributed by atoms with Gasteiger partial charge in [-0.05, 0) is 0 Å². The van der Waals surface area contributed by atoms with Crippen LogP contribution >= 0.6 is 26.8 Å². The van der Waals surface area contributed by atoms with Crippen LogP contribution < -0.4 is 0 Å². The maximum absolute atomic E-state index is 5.86. The molecule has 0 aliphatic heterocycles. The van der Waals surface area contributed by atoms with Gasteiger partial charge in [0, 0.05) is 0 Å². The number of hydrogen-bond acceptors (Lipinski definition) is 0. The number of unbranched alkanes of at least 4 members (excludes halogenated alkanes) is 15. The molecule has 0 aromatic rings. The van der Waals surface area contributed by atoms with Gasteiger partial charge in [0.15, 0.2) is 0 Å². The molecule has 0 heterocycles. The molecule has 0 unspecified atom stereocenters. The molecule has 0 aliphatic carbocycles. The number of allylic oxidation sites excluding steroid dienone is 1. The van der Waals surface area contributed by atoms with Crippen LogP contribution in [-0.4, -0.2) is 15.0 Å². The van der Waals surface area contributed by atoms with E-state index >= 15 is 0 Å². The predicted octanol–water partition coefficient (Wildman–Crippen LogP) is 9.00. The summed E-state index contributed by atoms with van der Waals surface area (Å²) in [6, 6.07) is 0. The van der Waals surface area contributed by atoms with Crippen molar-refractivity contribution < 1.29 is 0 Å². The first-order valence-corrected chi connectivity index (χ1v) is 22.3. The Hall–Kier alpha value is 1.41. The molecule has 0 rings (SSSR count). The van der Waals surface area contributed by atoms with E-state index in [-0.39, 0.29) is 0 Å². The van der Waals surface area contributed by atoms with Crippen LogP contribution in [0.15, 0.2) is 10.2 Å². The van der Waals surface area contributed by atoms with Gasteiger partial charge >= 0.3 is 116 Å². The summed E-state index contributed by atoms with van der Waals surface area (Å²) in [5, 5.41) is 0. The van der Waals surface area contributed by atoms with Crippen molar-refractivity contribution in [3.8, 4) is 0 Å². The molecular weight excluding hydrogens is 453 g/mol. The van der Waals surface area contributed by atoms with Gasteiger partial charge in [-0.15, -0.1) is 0 Å². The second kappa shape index (κ2) is 18.2. The first-order chi connectivity index (χ1) is 11.1. The fraction of sp³-hybridized carbons (Fsp3) is 0.895. The monoisotopic (exact) mass is 490 g/mol. The van der Waals surface area contributed by atoms with E-state index in [2.05, 4.69) is 13.0 Å². The van der Waals surface area contributed by atoms with Gasteiger partial charge in [0.1, 0.15) is 0 Å². The van der Waals surface area contributed by atoms with E-state index in [9.17, 15) is 0 Å². The third-order valence-electron chi connectivity index (χ3n) is 4.28. The Morgan fingerprint density at radius 3 is 1.26 bits per heavy atom. The molecule has 0 spiro atoms. The van der Waals surface area contributed by atoms with Crippen molar-refractivity contribution in [3.05, 3.63) is 10.2 Å². The molecule has 0 bridgehead atoms. The van der Waals surface area contributed by atoms with Crippen molar-refractivity contribution in [3.63, 3.8) is 0 Å². The molecule has 0 aromatic carbocycles. The summed E-state index contributed by atoms with van der Waals surface area (Å²) >= 11 is -3.20. The summed E-state index contributed by atoms with van der Waals surface area (Å²) in [7, 11) is 17.6. The van der Waals surface area contributed by atoms with Gasteiger partial charge in [-0.3, -0.25) is 0 Å². The molecule has 0 radical (unpaired) electrons. The molecule has 23 heavy (non-hydrogen) atoms. The Labute approximate surface area is 160 Å². The zero-order valence-electron chi connectivity index (χ0n) is 15.1. The summed E-state index contributed by atoms with van der Waals surface area (Å²) in [4.78, 5) is 0. The van der Waals surface area contributed by atoms with Gasteiger partial charge < -0.3 is 0 Å².